The number of pyridine rings is 2. The van der Waals surface area contributed by atoms with Gasteiger partial charge in [-0.25, -0.2) is 0 Å². The SMILES string of the molecule is C#Cc1ccccc1-c1ccnc(-c2[c-]c(-c3cc(-c4cc(C(C)(C)C)cc(C(C)(C)C)c4)cc(-c4ccccc4O)n3)ccc2)c1.[Pt]. The maximum absolute atomic E-state index is 10.9. The third kappa shape index (κ3) is 7.36. The summed E-state index contributed by atoms with van der Waals surface area (Å²) in [6, 6.07) is 40.0. The largest absolute Gasteiger partial charge is 0.507 e. The summed E-state index contributed by atoms with van der Waals surface area (Å²) in [5, 5.41) is 10.9. The molecule has 3 nitrogen and oxygen atoms in total. The summed E-state index contributed by atoms with van der Waals surface area (Å²) in [5.41, 5.74) is 12.0. The number of phenolic OH excluding ortho intramolecular Hbond substituents is 1. The molecular formula is C44H39N2OPt-. The molecule has 48 heavy (non-hydrogen) atoms. The Morgan fingerprint density at radius 2 is 1.17 bits per heavy atom. The molecule has 0 aliphatic rings. The molecule has 0 aliphatic heterocycles. The van der Waals surface area contributed by atoms with Crippen LogP contribution in [-0.4, -0.2) is 15.1 Å². The maximum Gasteiger partial charge on any atom is 0.124 e. The van der Waals surface area contributed by atoms with Crippen LogP contribution >= 0.6 is 0 Å². The Kier molecular flexibility index (Phi) is 9.91. The monoisotopic (exact) mass is 806 g/mol. The van der Waals surface area contributed by atoms with Crippen molar-refractivity contribution in [3.8, 4) is 74.1 Å². The summed E-state index contributed by atoms with van der Waals surface area (Å²) in [7, 11) is 0. The van der Waals surface area contributed by atoms with Gasteiger partial charge in [-0.1, -0.05) is 119 Å². The molecule has 6 rings (SSSR count). The second-order valence-electron chi connectivity index (χ2n) is 14.0. The fourth-order valence-corrected chi connectivity index (χ4v) is 5.70. The molecule has 2 aromatic heterocycles. The normalized spacial score (nSPS) is 11.4. The van der Waals surface area contributed by atoms with E-state index < -0.39 is 0 Å². The number of aromatic hydroxyl groups is 1. The number of para-hydroxylation sites is 1. The number of rotatable bonds is 5. The predicted octanol–water partition coefficient (Wildman–Crippen LogP) is 10.9. The molecule has 4 heteroatoms. The van der Waals surface area contributed by atoms with Crippen molar-refractivity contribution >= 4 is 0 Å². The molecule has 1 N–H and O–H groups in total. The fraction of sp³-hybridized carbons (Fsp3) is 0.182. The number of nitrogens with zero attached hydrogens (tertiary/aromatic N) is 2. The number of phenols is 1. The zero-order valence-corrected chi connectivity index (χ0v) is 30.5. The smallest absolute Gasteiger partial charge is 0.124 e. The van der Waals surface area contributed by atoms with E-state index in [0.29, 0.717) is 11.3 Å². The van der Waals surface area contributed by atoms with Crippen LogP contribution in [0.25, 0.3) is 56.0 Å². The molecule has 0 saturated heterocycles. The van der Waals surface area contributed by atoms with Crippen molar-refractivity contribution in [2.45, 2.75) is 52.4 Å². The summed E-state index contributed by atoms with van der Waals surface area (Å²) < 4.78 is 0. The topological polar surface area (TPSA) is 46.0 Å². The van der Waals surface area contributed by atoms with E-state index in [1.54, 1.807) is 6.07 Å². The summed E-state index contributed by atoms with van der Waals surface area (Å²) in [4.78, 5) is 9.79. The molecule has 0 spiro atoms. The van der Waals surface area contributed by atoms with Gasteiger partial charge in [-0.3, -0.25) is 9.97 Å². The third-order valence-electron chi connectivity index (χ3n) is 8.50. The number of hydrogen-bond acceptors (Lipinski definition) is 3. The molecule has 0 saturated carbocycles. The summed E-state index contributed by atoms with van der Waals surface area (Å²) in [6.07, 6.45) is 7.61. The second-order valence-corrected chi connectivity index (χ2v) is 14.0. The molecular weight excluding hydrogens is 768 g/mol. The molecule has 0 fully saturated rings. The van der Waals surface area contributed by atoms with Crippen molar-refractivity contribution in [2.24, 2.45) is 0 Å². The number of aromatic nitrogens is 2. The van der Waals surface area contributed by atoms with Gasteiger partial charge in [0.1, 0.15) is 5.75 Å². The van der Waals surface area contributed by atoms with Gasteiger partial charge in [0.25, 0.3) is 0 Å². The average Bonchev–Trinajstić information content (AvgIpc) is 3.07. The van der Waals surface area contributed by atoms with Gasteiger partial charge < -0.3 is 5.11 Å². The molecule has 242 valence electrons. The minimum absolute atomic E-state index is 0. The van der Waals surface area contributed by atoms with E-state index in [1.807, 2.05) is 72.9 Å². The van der Waals surface area contributed by atoms with Gasteiger partial charge in [0, 0.05) is 49.8 Å². The first kappa shape index (κ1) is 34.6. The van der Waals surface area contributed by atoms with Crippen LogP contribution in [0.1, 0.15) is 58.2 Å². The summed E-state index contributed by atoms with van der Waals surface area (Å²) >= 11 is 0. The van der Waals surface area contributed by atoms with E-state index in [4.69, 9.17) is 16.4 Å². The Labute approximate surface area is 299 Å². The Morgan fingerprint density at radius 1 is 0.604 bits per heavy atom. The maximum atomic E-state index is 10.9. The molecule has 6 aromatic rings. The minimum atomic E-state index is -0.0310. The summed E-state index contributed by atoms with van der Waals surface area (Å²) in [6.45, 7) is 13.5. The van der Waals surface area contributed by atoms with Crippen molar-refractivity contribution < 1.29 is 26.2 Å². The van der Waals surface area contributed by atoms with Crippen LogP contribution in [0.5, 0.6) is 5.75 Å². The van der Waals surface area contributed by atoms with Gasteiger partial charge in [-0.05, 0) is 74.5 Å². The predicted molar refractivity (Wildman–Crippen MR) is 195 cm³/mol. The van der Waals surface area contributed by atoms with Crippen LogP contribution < -0.4 is 0 Å². The molecule has 0 unspecified atom stereocenters. The second kappa shape index (κ2) is 13.8. The van der Waals surface area contributed by atoms with Crippen molar-refractivity contribution in [3.63, 3.8) is 0 Å². The first-order valence-electron chi connectivity index (χ1n) is 15.9. The zero-order valence-electron chi connectivity index (χ0n) is 28.2. The van der Waals surface area contributed by atoms with Gasteiger partial charge in [-0.2, -0.15) is 0 Å². The Bertz CT molecular complexity index is 2110. The molecule has 2 heterocycles. The molecule has 0 bridgehead atoms. The summed E-state index contributed by atoms with van der Waals surface area (Å²) in [5.74, 6) is 2.98. The van der Waals surface area contributed by atoms with Crippen molar-refractivity contribution in [2.75, 3.05) is 0 Å². The van der Waals surface area contributed by atoms with E-state index in [-0.39, 0.29) is 37.6 Å². The molecule has 0 atom stereocenters. The van der Waals surface area contributed by atoms with Crippen LogP contribution in [0.4, 0.5) is 0 Å². The van der Waals surface area contributed by atoms with Crippen LogP contribution in [0, 0.1) is 18.4 Å². The van der Waals surface area contributed by atoms with E-state index in [0.717, 1.165) is 50.3 Å². The standard InChI is InChI=1S/C44H39N2O.Pt/c1-8-29-14-9-10-17-37(29)30-20-21-45-39(25-30)31-15-13-16-32(22-31)40-26-34(27-41(46-40)38-18-11-12-19-42(38)47)33-23-35(43(2,3)4)28-36(24-33)44(5,6)7;/h1,9-21,23-28,47H,2-7H3;/q-1;. The third-order valence-corrected chi connectivity index (χ3v) is 8.50. The molecule has 0 radical (unpaired) electrons. The minimum Gasteiger partial charge on any atom is -0.507 e. The zero-order chi connectivity index (χ0) is 33.3. The Hall–Kier alpha value is -4.77. The van der Waals surface area contributed by atoms with Crippen molar-refractivity contribution in [3.05, 3.63) is 138 Å². The molecule has 4 aromatic carbocycles. The first-order valence-corrected chi connectivity index (χ1v) is 15.9. The number of benzene rings is 4. The van der Waals surface area contributed by atoms with Crippen LogP contribution in [0.3, 0.4) is 0 Å². The van der Waals surface area contributed by atoms with Crippen LogP contribution in [0.15, 0.2) is 115 Å². The van der Waals surface area contributed by atoms with Crippen molar-refractivity contribution in [1.29, 1.82) is 0 Å². The van der Waals surface area contributed by atoms with Gasteiger partial charge in [-0.15, -0.1) is 30.7 Å². The van der Waals surface area contributed by atoms with E-state index in [9.17, 15) is 5.11 Å². The van der Waals surface area contributed by atoms with E-state index in [1.165, 1.54) is 11.1 Å². The number of terminal acetylenes is 1. The van der Waals surface area contributed by atoms with Crippen LogP contribution in [-0.2, 0) is 31.9 Å². The fourth-order valence-electron chi connectivity index (χ4n) is 5.70. The Morgan fingerprint density at radius 3 is 1.81 bits per heavy atom. The molecule has 0 amide bonds. The number of hydrogen-bond donors (Lipinski definition) is 1. The van der Waals surface area contributed by atoms with E-state index in [2.05, 4.69) is 89.9 Å². The average molecular weight is 807 g/mol. The van der Waals surface area contributed by atoms with E-state index >= 15 is 0 Å². The van der Waals surface area contributed by atoms with Gasteiger partial charge in [0.15, 0.2) is 0 Å². The first-order chi connectivity index (χ1) is 22.4. The molecule has 0 aliphatic carbocycles. The quantitative estimate of drug-likeness (QED) is 0.139. The van der Waals surface area contributed by atoms with Crippen molar-refractivity contribution in [1.82, 2.24) is 9.97 Å². The van der Waals surface area contributed by atoms with Crippen LogP contribution in [0.2, 0.25) is 0 Å². The van der Waals surface area contributed by atoms with Gasteiger partial charge in [0.05, 0.1) is 5.69 Å². The Balaban J connectivity index is 0.00000451. The van der Waals surface area contributed by atoms with Gasteiger partial charge in [0.2, 0.25) is 0 Å². The van der Waals surface area contributed by atoms with Gasteiger partial charge >= 0.3 is 0 Å².